The van der Waals surface area contributed by atoms with E-state index in [9.17, 15) is 0 Å². The Labute approximate surface area is 119 Å². The van der Waals surface area contributed by atoms with Gasteiger partial charge in [0.05, 0.1) is 0 Å². The first-order valence-corrected chi connectivity index (χ1v) is 6.83. The van der Waals surface area contributed by atoms with Crippen molar-refractivity contribution in [3.8, 4) is 0 Å². The minimum absolute atomic E-state index is 0.0803. The first-order valence-electron chi connectivity index (χ1n) is 6.83. The van der Waals surface area contributed by atoms with Crippen molar-refractivity contribution in [2.75, 3.05) is 10.6 Å². The highest BCUT2D eigenvalue weighted by atomic mass is 15.1. The molecule has 1 aliphatic rings. The van der Waals surface area contributed by atoms with Crippen molar-refractivity contribution in [1.29, 1.82) is 0 Å². The van der Waals surface area contributed by atoms with Crippen LogP contribution in [0.25, 0.3) is 10.8 Å². The van der Waals surface area contributed by atoms with E-state index < -0.39 is 0 Å². The zero-order valence-corrected chi connectivity index (χ0v) is 11.6. The minimum Gasteiger partial charge on any atom is -0.361 e. The third-order valence-electron chi connectivity index (χ3n) is 3.60. The lowest BCUT2D eigenvalue weighted by Gasteiger charge is -2.30. The van der Waals surface area contributed by atoms with Crippen LogP contribution in [0.15, 0.2) is 72.9 Å². The average Bonchev–Trinajstić information content (AvgIpc) is 2.48. The molecule has 3 rings (SSSR count). The average molecular weight is 262 g/mol. The van der Waals surface area contributed by atoms with E-state index in [1.807, 2.05) is 13.0 Å². The van der Waals surface area contributed by atoms with Crippen molar-refractivity contribution in [2.24, 2.45) is 0 Å². The van der Waals surface area contributed by atoms with Crippen molar-refractivity contribution < 1.29 is 0 Å². The van der Waals surface area contributed by atoms with Gasteiger partial charge >= 0.3 is 0 Å². The van der Waals surface area contributed by atoms with E-state index in [4.69, 9.17) is 0 Å². The summed E-state index contributed by atoms with van der Waals surface area (Å²) in [6.45, 7) is 5.77. The second kappa shape index (κ2) is 5.25. The molecule has 0 saturated carbocycles. The zero-order chi connectivity index (χ0) is 13.9. The number of allylic oxidation sites excluding steroid dienone is 3. The summed E-state index contributed by atoms with van der Waals surface area (Å²) in [6.07, 6.45) is 8.02. The Kier molecular flexibility index (Phi) is 3.30. The van der Waals surface area contributed by atoms with Crippen LogP contribution in [0.4, 0.5) is 11.4 Å². The summed E-state index contributed by atoms with van der Waals surface area (Å²) in [5, 5.41) is 9.62. The fourth-order valence-electron chi connectivity index (χ4n) is 2.63. The first-order chi connectivity index (χ1) is 9.83. The normalized spacial score (nSPS) is 15.2. The van der Waals surface area contributed by atoms with Crippen LogP contribution in [0.5, 0.6) is 0 Å². The molecule has 0 unspecified atom stereocenters. The van der Waals surface area contributed by atoms with Crippen molar-refractivity contribution in [3.05, 3.63) is 72.9 Å². The predicted molar refractivity (Wildman–Crippen MR) is 88.1 cm³/mol. The van der Waals surface area contributed by atoms with Gasteiger partial charge in [-0.3, -0.25) is 0 Å². The third kappa shape index (κ3) is 2.10. The Hall–Kier alpha value is -2.48. The summed E-state index contributed by atoms with van der Waals surface area (Å²) < 4.78 is 0. The van der Waals surface area contributed by atoms with Gasteiger partial charge in [-0.2, -0.15) is 0 Å². The number of rotatable bonds is 3. The molecule has 0 atom stereocenters. The Morgan fingerprint density at radius 2 is 1.75 bits per heavy atom. The van der Waals surface area contributed by atoms with E-state index >= 15 is 0 Å². The number of anilines is 2. The van der Waals surface area contributed by atoms with E-state index in [2.05, 4.69) is 65.8 Å². The molecule has 1 heterocycles. The largest absolute Gasteiger partial charge is 0.361 e. The molecule has 2 N–H and O–H groups in total. The molecule has 0 aromatic heterocycles. The van der Waals surface area contributed by atoms with Crippen molar-refractivity contribution >= 4 is 22.1 Å². The van der Waals surface area contributed by atoms with Crippen LogP contribution in [0.3, 0.4) is 0 Å². The number of nitrogens with one attached hydrogen (secondary N) is 2. The molecule has 2 heteroatoms. The van der Waals surface area contributed by atoms with E-state index in [-0.39, 0.29) is 6.17 Å². The molecule has 0 saturated heterocycles. The van der Waals surface area contributed by atoms with Crippen molar-refractivity contribution in [2.45, 2.75) is 13.1 Å². The van der Waals surface area contributed by atoms with Gasteiger partial charge in [-0.05, 0) is 30.0 Å². The molecule has 0 amide bonds. The van der Waals surface area contributed by atoms with Crippen molar-refractivity contribution in [1.82, 2.24) is 0 Å². The maximum Gasteiger partial charge on any atom is 0.123 e. The summed E-state index contributed by atoms with van der Waals surface area (Å²) in [5.41, 5.74) is 3.54. The fourth-order valence-corrected chi connectivity index (χ4v) is 2.63. The lowest BCUT2D eigenvalue weighted by molar-refractivity contribution is 0.959. The number of hydrogen-bond acceptors (Lipinski definition) is 2. The van der Waals surface area contributed by atoms with Gasteiger partial charge in [-0.15, -0.1) is 0 Å². The van der Waals surface area contributed by atoms with Crippen LogP contribution in [0.2, 0.25) is 0 Å². The highest BCUT2D eigenvalue weighted by Gasteiger charge is 2.19. The minimum atomic E-state index is 0.0803. The summed E-state index contributed by atoms with van der Waals surface area (Å²) in [4.78, 5) is 0. The molecule has 0 radical (unpaired) electrons. The van der Waals surface area contributed by atoms with Crippen LogP contribution in [-0.2, 0) is 0 Å². The van der Waals surface area contributed by atoms with E-state index in [1.165, 1.54) is 27.7 Å². The SMILES string of the molecule is C=C/C=C\C(=C/C)C1Nc2cccc3cccc(c23)N1. The molecular weight excluding hydrogens is 244 g/mol. The molecule has 20 heavy (non-hydrogen) atoms. The van der Waals surface area contributed by atoms with Gasteiger partial charge in [-0.1, -0.05) is 55.1 Å². The quantitative estimate of drug-likeness (QED) is 0.784. The molecule has 1 aliphatic heterocycles. The van der Waals surface area contributed by atoms with Gasteiger partial charge < -0.3 is 10.6 Å². The monoisotopic (exact) mass is 262 g/mol. The maximum absolute atomic E-state index is 3.72. The molecule has 0 fully saturated rings. The second-order valence-electron chi connectivity index (χ2n) is 4.81. The van der Waals surface area contributed by atoms with Crippen LogP contribution in [-0.4, -0.2) is 6.17 Å². The zero-order valence-electron chi connectivity index (χ0n) is 11.6. The summed E-state index contributed by atoms with van der Waals surface area (Å²) in [6, 6.07) is 12.7. The van der Waals surface area contributed by atoms with Gasteiger partial charge in [0, 0.05) is 16.8 Å². The highest BCUT2D eigenvalue weighted by molar-refractivity contribution is 6.05. The van der Waals surface area contributed by atoms with Crippen LogP contribution in [0.1, 0.15) is 6.92 Å². The van der Waals surface area contributed by atoms with Crippen molar-refractivity contribution in [3.63, 3.8) is 0 Å². The number of benzene rings is 2. The first kappa shape index (κ1) is 12.5. The Morgan fingerprint density at radius 1 is 1.10 bits per heavy atom. The Balaban J connectivity index is 2.03. The highest BCUT2D eigenvalue weighted by Crippen LogP contribution is 2.35. The van der Waals surface area contributed by atoms with Gasteiger partial charge in [0.25, 0.3) is 0 Å². The van der Waals surface area contributed by atoms with E-state index in [1.54, 1.807) is 6.08 Å². The number of hydrogen-bond donors (Lipinski definition) is 2. The molecule has 0 bridgehead atoms. The molecule has 2 aromatic carbocycles. The van der Waals surface area contributed by atoms with Gasteiger partial charge in [0.15, 0.2) is 0 Å². The third-order valence-corrected chi connectivity index (χ3v) is 3.60. The summed E-state index contributed by atoms with van der Waals surface area (Å²) in [7, 11) is 0. The van der Waals surface area contributed by atoms with Gasteiger partial charge in [0.2, 0.25) is 0 Å². The summed E-state index contributed by atoms with van der Waals surface area (Å²) >= 11 is 0. The molecule has 0 aliphatic carbocycles. The Morgan fingerprint density at radius 3 is 2.30 bits per heavy atom. The lowest BCUT2D eigenvalue weighted by atomic mass is 10.0. The molecule has 2 aromatic rings. The predicted octanol–water partition coefficient (Wildman–Crippen LogP) is 4.69. The van der Waals surface area contributed by atoms with Crippen LogP contribution in [0, 0.1) is 0 Å². The lowest BCUT2D eigenvalue weighted by Crippen LogP contribution is -2.33. The molecule has 2 nitrogen and oxygen atoms in total. The Bertz CT molecular complexity index is 670. The van der Waals surface area contributed by atoms with Gasteiger partial charge in [0.1, 0.15) is 6.17 Å². The molecule has 100 valence electrons. The fraction of sp³-hybridized carbons (Fsp3) is 0.111. The van der Waals surface area contributed by atoms with Crippen LogP contribution >= 0.6 is 0 Å². The van der Waals surface area contributed by atoms with Gasteiger partial charge in [-0.25, -0.2) is 0 Å². The smallest absolute Gasteiger partial charge is 0.123 e. The second-order valence-corrected chi connectivity index (χ2v) is 4.81. The van der Waals surface area contributed by atoms with E-state index in [0.29, 0.717) is 0 Å². The molecular formula is C18H18N2. The summed E-state index contributed by atoms with van der Waals surface area (Å²) in [5.74, 6) is 0. The maximum atomic E-state index is 3.72. The van der Waals surface area contributed by atoms with Crippen LogP contribution < -0.4 is 10.6 Å². The molecule has 0 spiro atoms. The standard InChI is InChI=1S/C18H18N2/c1-3-5-8-13(4-2)18-19-15-11-6-9-14-10-7-12-16(20-18)17(14)15/h3-12,18-20H,1H2,2H3/b8-5-,13-4+. The van der Waals surface area contributed by atoms with E-state index in [0.717, 1.165) is 0 Å². The topological polar surface area (TPSA) is 24.1 Å².